The van der Waals surface area contributed by atoms with Crippen LogP contribution >= 0.6 is 0 Å². The van der Waals surface area contributed by atoms with Gasteiger partial charge in [-0.3, -0.25) is 4.79 Å². The molecule has 1 aliphatic rings. The van der Waals surface area contributed by atoms with Gasteiger partial charge in [0.25, 0.3) is 5.91 Å². The molecule has 1 fully saturated rings. The summed E-state index contributed by atoms with van der Waals surface area (Å²) >= 11 is 0. The first kappa shape index (κ1) is 15.4. The first-order valence-electron chi connectivity index (χ1n) is 7.32. The third kappa shape index (κ3) is 3.65. The van der Waals surface area contributed by atoms with Gasteiger partial charge in [0.2, 0.25) is 0 Å². The lowest BCUT2D eigenvalue weighted by molar-refractivity contribution is 0.102. The third-order valence-electron chi connectivity index (χ3n) is 3.69. The zero-order valence-electron chi connectivity index (χ0n) is 12.4. The smallest absolute Gasteiger partial charge is 0.255 e. The van der Waals surface area contributed by atoms with Gasteiger partial charge in [-0.05, 0) is 36.4 Å². The average Bonchev–Trinajstić information content (AvgIpc) is 2.58. The van der Waals surface area contributed by atoms with Crippen molar-refractivity contribution >= 4 is 17.3 Å². The van der Waals surface area contributed by atoms with Gasteiger partial charge in [-0.2, -0.15) is 0 Å². The first-order chi connectivity index (χ1) is 11.1. The van der Waals surface area contributed by atoms with Gasteiger partial charge < -0.3 is 15.0 Å². The van der Waals surface area contributed by atoms with E-state index < -0.39 is 17.5 Å². The molecule has 3 rings (SSSR count). The summed E-state index contributed by atoms with van der Waals surface area (Å²) in [7, 11) is 0. The Bertz CT molecular complexity index is 698. The monoisotopic (exact) mass is 318 g/mol. The van der Waals surface area contributed by atoms with Crippen LogP contribution in [0.1, 0.15) is 10.4 Å². The second-order valence-electron chi connectivity index (χ2n) is 5.22. The van der Waals surface area contributed by atoms with Gasteiger partial charge in [0.15, 0.2) is 0 Å². The molecule has 1 saturated heterocycles. The SMILES string of the molecule is O=C(Nc1ccc(F)cc1F)c1ccc(N2CCOCC2)cc1. The van der Waals surface area contributed by atoms with E-state index in [1.807, 2.05) is 12.1 Å². The number of nitrogens with one attached hydrogen (secondary N) is 1. The zero-order valence-corrected chi connectivity index (χ0v) is 12.4. The Morgan fingerprint density at radius 2 is 1.74 bits per heavy atom. The molecule has 0 radical (unpaired) electrons. The van der Waals surface area contributed by atoms with E-state index in [1.54, 1.807) is 12.1 Å². The highest BCUT2D eigenvalue weighted by Crippen LogP contribution is 2.19. The number of carbonyl (C=O) groups is 1. The highest BCUT2D eigenvalue weighted by Gasteiger charge is 2.13. The molecule has 1 N–H and O–H groups in total. The number of benzene rings is 2. The van der Waals surface area contributed by atoms with Gasteiger partial charge in [-0.15, -0.1) is 0 Å². The van der Waals surface area contributed by atoms with E-state index in [1.165, 1.54) is 6.07 Å². The van der Waals surface area contributed by atoms with Crippen molar-refractivity contribution in [1.82, 2.24) is 0 Å². The van der Waals surface area contributed by atoms with E-state index in [-0.39, 0.29) is 5.69 Å². The molecule has 4 nitrogen and oxygen atoms in total. The normalized spacial score (nSPS) is 14.6. The van der Waals surface area contributed by atoms with E-state index in [4.69, 9.17) is 4.74 Å². The molecule has 0 spiro atoms. The van der Waals surface area contributed by atoms with Gasteiger partial charge >= 0.3 is 0 Å². The summed E-state index contributed by atoms with van der Waals surface area (Å²) < 4.78 is 31.7. The Morgan fingerprint density at radius 1 is 1.04 bits per heavy atom. The molecule has 1 heterocycles. The van der Waals surface area contributed by atoms with Crippen molar-refractivity contribution in [3.05, 3.63) is 59.7 Å². The Hall–Kier alpha value is -2.47. The molecule has 0 aromatic heterocycles. The molecule has 6 heteroatoms. The van der Waals surface area contributed by atoms with E-state index in [9.17, 15) is 13.6 Å². The number of anilines is 2. The van der Waals surface area contributed by atoms with Crippen LogP contribution in [0.15, 0.2) is 42.5 Å². The van der Waals surface area contributed by atoms with Crippen molar-refractivity contribution in [1.29, 1.82) is 0 Å². The third-order valence-corrected chi connectivity index (χ3v) is 3.69. The van der Waals surface area contributed by atoms with Crippen LogP contribution < -0.4 is 10.2 Å². The predicted molar refractivity (Wildman–Crippen MR) is 83.8 cm³/mol. The average molecular weight is 318 g/mol. The number of morpholine rings is 1. The van der Waals surface area contributed by atoms with Gasteiger partial charge in [0.05, 0.1) is 18.9 Å². The van der Waals surface area contributed by atoms with Gasteiger partial charge in [-0.1, -0.05) is 0 Å². The molecule has 0 saturated carbocycles. The minimum atomic E-state index is -0.803. The summed E-state index contributed by atoms with van der Waals surface area (Å²) in [5.41, 5.74) is 1.37. The molecular formula is C17H16F2N2O2. The van der Waals surface area contributed by atoms with Gasteiger partial charge in [-0.25, -0.2) is 8.78 Å². The van der Waals surface area contributed by atoms with E-state index >= 15 is 0 Å². The van der Waals surface area contributed by atoms with Crippen LogP contribution in [0.5, 0.6) is 0 Å². The topological polar surface area (TPSA) is 41.6 Å². The minimum absolute atomic E-state index is 0.0475. The maximum atomic E-state index is 13.6. The number of hydrogen-bond donors (Lipinski definition) is 1. The van der Waals surface area contributed by atoms with Crippen LogP contribution in [-0.4, -0.2) is 32.2 Å². The lowest BCUT2D eigenvalue weighted by atomic mass is 10.1. The number of amides is 1. The summed E-state index contributed by atoms with van der Waals surface area (Å²) in [6.07, 6.45) is 0. The maximum Gasteiger partial charge on any atom is 0.255 e. The largest absolute Gasteiger partial charge is 0.378 e. The molecule has 1 amide bonds. The number of carbonyl (C=O) groups excluding carboxylic acids is 1. The van der Waals surface area contributed by atoms with Crippen molar-refractivity contribution in [3.8, 4) is 0 Å². The first-order valence-corrected chi connectivity index (χ1v) is 7.32. The highest BCUT2D eigenvalue weighted by molar-refractivity contribution is 6.04. The summed E-state index contributed by atoms with van der Waals surface area (Å²) in [4.78, 5) is 14.3. The quantitative estimate of drug-likeness (QED) is 0.946. The van der Waals surface area contributed by atoms with Crippen LogP contribution in [0.4, 0.5) is 20.2 Å². The fraction of sp³-hybridized carbons (Fsp3) is 0.235. The maximum absolute atomic E-state index is 13.6. The lowest BCUT2D eigenvalue weighted by Crippen LogP contribution is -2.36. The fourth-order valence-electron chi connectivity index (χ4n) is 2.43. The summed E-state index contributed by atoms with van der Waals surface area (Å²) in [6, 6.07) is 10.1. The Morgan fingerprint density at radius 3 is 2.39 bits per heavy atom. The number of nitrogens with zero attached hydrogens (tertiary/aromatic N) is 1. The van der Waals surface area contributed by atoms with E-state index in [0.717, 1.165) is 30.9 Å². The van der Waals surface area contributed by atoms with Crippen molar-refractivity contribution in [2.75, 3.05) is 36.5 Å². The molecule has 0 bridgehead atoms. The van der Waals surface area contributed by atoms with Crippen LogP contribution in [0.3, 0.4) is 0 Å². The molecule has 120 valence electrons. The van der Waals surface area contributed by atoms with Crippen LogP contribution in [0, 0.1) is 11.6 Å². The standard InChI is InChI=1S/C17H16F2N2O2/c18-13-3-6-16(15(19)11-13)20-17(22)12-1-4-14(5-2-12)21-7-9-23-10-8-21/h1-6,11H,7-10H2,(H,20,22). The molecule has 2 aromatic carbocycles. The van der Waals surface area contributed by atoms with Gasteiger partial charge in [0.1, 0.15) is 11.6 Å². The Kier molecular flexibility index (Phi) is 4.52. The lowest BCUT2D eigenvalue weighted by Gasteiger charge is -2.28. The Labute approximate surface area is 132 Å². The predicted octanol–water partition coefficient (Wildman–Crippen LogP) is 3.05. The number of halogens is 2. The summed E-state index contributed by atoms with van der Waals surface area (Å²) in [5, 5.41) is 2.44. The molecule has 23 heavy (non-hydrogen) atoms. The molecule has 0 atom stereocenters. The summed E-state index contributed by atoms with van der Waals surface area (Å²) in [5.74, 6) is -1.93. The molecule has 0 unspecified atom stereocenters. The van der Waals surface area contributed by atoms with Crippen LogP contribution in [0.2, 0.25) is 0 Å². The van der Waals surface area contributed by atoms with Crippen LogP contribution in [0.25, 0.3) is 0 Å². The van der Waals surface area contributed by atoms with Crippen molar-refractivity contribution < 1.29 is 18.3 Å². The van der Waals surface area contributed by atoms with Crippen molar-refractivity contribution in [2.45, 2.75) is 0 Å². The van der Waals surface area contributed by atoms with E-state index in [0.29, 0.717) is 18.8 Å². The number of ether oxygens (including phenoxy) is 1. The van der Waals surface area contributed by atoms with Crippen molar-refractivity contribution in [2.24, 2.45) is 0 Å². The Balaban J connectivity index is 1.69. The van der Waals surface area contributed by atoms with E-state index in [2.05, 4.69) is 10.2 Å². The highest BCUT2D eigenvalue weighted by atomic mass is 19.1. The molecule has 2 aromatic rings. The second kappa shape index (κ2) is 6.75. The molecule has 1 aliphatic heterocycles. The second-order valence-corrected chi connectivity index (χ2v) is 5.22. The number of hydrogen-bond acceptors (Lipinski definition) is 3. The molecule has 0 aliphatic carbocycles. The van der Waals surface area contributed by atoms with Crippen molar-refractivity contribution in [3.63, 3.8) is 0 Å². The molecular weight excluding hydrogens is 302 g/mol. The fourth-order valence-corrected chi connectivity index (χ4v) is 2.43. The number of rotatable bonds is 3. The van der Waals surface area contributed by atoms with Crippen LogP contribution in [-0.2, 0) is 4.74 Å². The zero-order chi connectivity index (χ0) is 16.2. The summed E-state index contributed by atoms with van der Waals surface area (Å²) in [6.45, 7) is 3.00. The van der Waals surface area contributed by atoms with Gasteiger partial charge in [0, 0.05) is 30.4 Å². The minimum Gasteiger partial charge on any atom is -0.378 e.